The molecule has 8 heteroatoms. The number of benzene rings is 1. The molecule has 1 aliphatic rings. The van der Waals surface area contributed by atoms with Gasteiger partial charge in [0.2, 0.25) is 5.91 Å². The fourth-order valence-electron chi connectivity index (χ4n) is 2.35. The van der Waals surface area contributed by atoms with Crippen LogP contribution in [-0.4, -0.2) is 17.0 Å². The average molecular weight is 305 g/mol. The molecule has 0 saturated heterocycles. The largest absolute Gasteiger partial charge is 0.481 e. The van der Waals surface area contributed by atoms with E-state index >= 15 is 0 Å². The summed E-state index contributed by atoms with van der Waals surface area (Å²) < 4.78 is 52.8. The minimum absolute atomic E-state index is 0.0161. The van der Waals surface area contributed by atoms with E-state index in [4.69, 9.17) is 5.11 Å². The zero-order valence-electron chi connectivity index (χ0n) is 10.6. The predicted molar refractivity (Wildman–Crippen MR) is 63.4 cm³/mol. The zero-order valence-corrected chi connectivity index (χ0v) is 10.6. The Labute approximate surface area is 116 Å². The molecule has 0 spiro atoms. The van der Waals surface area contributed by atoms with Gasteiger partial charge in [0.15, 0.2) is 23.3 Å². The molecule has 2 unspecified atom stereocenters. The van der Waals surface area contributed by atoms with Crippen LogP contribution in [0.1, 0.15) is 19.3 Å². The van der Waals surface area contributed by atoms with Gasteiger partial charge in [-0.3, -0.25) is 9.59 Å². The second kappa shape index (κ2) is 5.71. The molecule has 2 rings (SSSR count). The van der Waals surface area contributed by atoms with E-state index in [1.54, 1.807) is 5.32 Å². The summed E-state index contributed by atoms with van der Waals surface area (Å²) in [4.78, 5) is 22.6. The Kier molecular flexibility index (Phi) is 4.15. The summed E-state index contributed by atoms with van der Waals surface area (Å²) >= 11 is 0. The van der Waals surface area contributed by atoms with E-state index in [0.29, 0.717) is 0 Å². The van der Waals surface area contributed by atoms with E-state index in [1.807, 2.05) is 0 Å². The van der Waals surface area contributed by atoms with Gasteiger partial charge in [0.1, 0.15) is 5.69 Å². The Morgan fingerprint density at radius 2 is 1.57 bits per heavy atom. The van der Waals surface area contributed by atoms with Crippen LogP contribution in [-0.2, 0) is 9.59 Å². The minimum Gasteiger partial charge on any atom is -0.481 e. The Morgan fingerprint density at radius 1 is 1.05 bits per heavy atom. The lowest BCUT2D eigenvalue weighted by molar-refractivity contribution is -0.141. The number of aliphatic carboxylic acids is 1. The summed E-state index contributed by atoms with van der Waals surface area (Å²) in [6.45, 7) is 0. The predicted octanol–water partition coefficient (Wildman–Crippen LogP) is 2.68. The average Bonchev–Trinajstić information content (AvgIpc) is 2.91. The highest BCUT2D eigenvalue weighted by molar-refractivity contribution is 5.93. The van der Waals surface area contributed by atoms with E-state index in [0.717, 1.165) is 0 Å². The molecule has 2 N–H and O–H groups in total. The van der Waals surface area contributed by atoms with Gasteiger partial charge < -0.3 is 10.4 Å². The number of nitrogens with one attached hydrogen (secondary N) is 1. The number of rotatable bonds is 3. The zero-order chi connectivity index (χ0) is 15.7. The lowest BCUT2D eigenvalue weighted by Gasteiger charge is -2.12. The van der Waals surface area contributed by atoms with Gasteiger partial charge in [0.05, 0.1) is 5.92 Å². The van der Waals surface area contributed by atoms with Crippen LogP contribution in [0.25, 0.3) is 0 Å². The normalized spacial score (nSPS) is 21.3. The Bertz CT molecular complexity index is 579. The van der Waals surface area contributed by atoms with E-state index in [2.05, 4.69) is 0 Å². The second-order valence-corrected chi connectivity index (χ2v) is 4.88. The van der Waals surface area contributed by atoms with Gasteiger partial charge in [-0.1, -0.05) is 0 Å². The maximum absolute atomic E-state index is 13.4. The number of halogens is 4. The molecule has 0 aliphatic heterocycles. The Balaban J connectivity index is 2.16. The first-order chi connectivity index (χ1) is 9.81. The van der Waals surface area contributed by atoms with Crippen LogP contribution in [0.3, 0.4) is 0 Å². The van der Waals surface area contributed by atoms with Crippen LogP contribution in [0.15, 0.2) is 6.07 Å². The van der Waals surface area contributed by atoms with Gasteiger partial charge in [-0.15, -0.1) is 0 Å². The van der Waals surface area contributed by atoms with Gasteiger partial charge >= 0.3 is 5.97 Å². The van der Waals surface area contributed by atoms with E-state index in [-0.39, 0.29) is 25.3 Å². The molecular formula is C13H11F4NO3. The quantitative estimate of drug-likeness (QED) is 0.666. The van der Waals surface area contributed by atoms with Crippen LogP contribution >= 0.6 is 0 Å². The molecule has 0 bridgehead atoms. The van der Waals surface area contributed by atoms with Crippen molar-refractivity contribution in [1.29, 1.82) is 0 Å². The number of carbonyl (C=O) groups is 2. The van der Waals surface area contributed by atoms with Crippen molar-refractivity contribution in [1.82, 2.24) is 0 Å². The molecule has 1 amide bonds. The number of hydrogen-bond donors (Lipinski definition) is 2. The Hall–Kier alpha value is -2.12. The number of carboxylic acids is 1. The van der Waals surface area contributed by atoms with Gasteiger partial charge in [-0.05, 0) is 19.3 Å². The minimum atomic E-state index is -1.70. The third-order valence-electron chi connectivity index (χ3n) is 3.51. The summed E-state index contributed by atoms with van der Waals surface area (Å²) in [5, 5.41) is 10.6. The third-order valence-corrected chi connectivity index (χ3v) is 3.51. The molecule has 4 nitrogen and oxygen atoms in total. The summed E-state index contributed by atoms with van der Waals surface area (Å²) in [6.07, 6.45) is 0.502. The Morgan fingerprint density at radius 3 is 2.05 bits per heavy atom. The molecule has 0 radical (unpaired) electrons. The highest BCUT2D eigenvalue weighted by Gasteiger charge is 2.34. The molecule has 1 aromatic rings. The molecule has 114 valence electrons. The SMILES string of the molecule is O=C(O)C1CCC(C(=O)Nc2c(F)c(F)cc(F)c2F)C1. The van der Waals surface area contributed by atoms with Crippen LogP contribution in [0.4, 0.5) is 23.2 Å². The van der Waals surface area contributed by atoms with Crippen molar-refractivity contribution < 1.29 is 32.3 Å². The summed E-state index contributed by atoms with van der Waals surface area (Å²) in [5.41, 5.74) is -1.20. The molecule has 1 aromatic carbocycles. The molecule has 0 heterocycles. The number of anilines is 1. The molecule has 21 heavy (non-hydrogen) atoms. The lowest BCUT2D eigenvalue weighted by Crippen LogP contribution is -2.23. The van der Waals surface area contributed by atoms with Gasteiger partial charge in [-0.25, -0.2) is 17.6 Å². The van der Waals surface area contributed by atoms with Gasteiger partial charge in [0.25, 0.3) is 0 Å². The lowest BCUT2D eigenvalue weighted by atomic mass is 10.0. The van der Waals surface area contributed by atoms with Crippen molar-refractivity contribution in [3.63, 3.8) is 0 Å². The molecule has 1 saturated carbocycles. The fraction of sp³-hybridized carbons (Fsp3) is 0.385. The van der Waals surface area contributed by atoms with E-state index in [9.17, 15) is 27.2 Å². The van der Waals surface area contributed by atoms with E-state index < -0.39 is 52.7 Å². The van der Waals surface area contributed by atoms with Crippen molar-refractivity contribution in [3.05, 3.63) is 29.3 Å². The van der Waals surface area contributed by atoms with Gasteiger partial charge in [-0.2, -0.15) is 0 Å². The summed E-state index contributed by atoms with van der Waals surface area (Å²) in [5.74, 6) is -10.0. The topological polar surface area (TPSA) is 66.4 Å². The fourth-order valence-corrected chi connectivity index (χ4v) is 2.35. The highest BCUT2D eigenvalue weighted by Crippen LogP contribution is 2.33. The maximum atomic E-state index is 13.4. The molecule has 0 aromatic heterocycles. The van der Waals surface area contributed by atoms with Crippen LogP contribution in [0.5, 0.6) is 0 Å². The second-order valence-electron chi connectivity index (χ2n) is 4.88. The smallest absolute Gasteiger partial charge is 0.306 e. The first-order valence-electron chi connectivity index (χ1n) is 6.18. The third kappa shape index (κ3) is 2.98. The van der Waals surface area contributed by atoms with Crippen LogP contribution in [0.2, 0.25) is 0 Å². The first-order valence-corrected chi connectivity index (χ1v) is 6.18. The van der Waals surface area contributed by atoms with Crippen molar-refractivity contribution >= 4 is 17.6 Å². The molecular weight excluding hydrogens is 294 g/mol. The van der Waals surface area contributed by atoms with Crippen molar-refractivity contribution in [3.8, 4) is 0 Å². The van der Waals surface area contributed by atoms with Crippen molar-refractivity contribution in [2.24, 2.45) is 11.8 Å². The maximum Gasteiger partial charge on any atom is 0.306 e. The number of amides is 1. The molecule has 1 fully saturated rings. The van der Waals surface area contributed by atoms with Crippen molar-refractivity contribution in [2.75, 3.05) is 5.32 Å². The standard InChI is InChI=1S/C13H11F4NO3/c14-7-4-8(15)10(17)11(9(7)16)18-12(19)5-1-2-6(3-5)13(20)21/h4-6H,1-3H2,(H,18,19)(H,20,21). The highest BCUT2D eigenvalue weighted by atomic mass is 19.2. The van der Waals surface area contributed by atoms with Gasteiger partial charge in [0, 0.05) is 12.0 Å². The van der Waals surface area contributed by atoms with E-state index in [1.165, 1.54) is 0 Å². The first kappa shape index (κ1) is 15.3. The summed E-state index contributed by atoms with van der Waals surface area (Å²) in [7, 11) is 0. The number of carboxylic acid groups (broad SMARTS) is 1. The number of carbonyl (C=O) groups excluding carboxylic acids is 1. The number of hydrogen-bond acceptors (Lipinski definition) is 2. The monoisotopic (exact) mass is 305 g/mol. The molecule has 1 aliphatic carbocycles. The summed E-state index contributed by atoms with van der Waals surface area (Å²) in [6, 6.07) is 0.0380. The van der Waals surface area contributed by atoms with Crippen molar-refractivity contribution in [2.45, 2.75) is 19.3 Å². The van der Waals surface area contributed by atoms with Crippen LogP contribution < -0.4 is 5.32 Å². The molecule has 2 atom stereocenters. The van der Waals surface area contributed by atoms with Crippen LogP contribution in [0, 0.1) is 35.1 Å².